The lowest BCUT2D eigenvalue weighted by Gasteiger charge is -2.04. The van der Waals surface area contributed by atoms with Gasteiger partial charge in [-0.3, -0.25) is 0 Å². The van der Waals surface area contributed by atoms with Crippen LogP contribution in [0.4, 0.5) is 34.5 Å². The highest BCUT2D eigenvalue weighted by Gasteiger charge is 2.21. The minimum absolute atomic E-state index is 0.900. The summed E-state index contributed by atoms with van der Waals surface area (Å²) in [5.74, 6) is 0. The van der Waals surface area contributed by atoms with E-state index >= 15 is 0 Å². The number of nitrogens with zero attached hydrogens (tertiary/aromatic N) is 4. The summed E-state index contributed by atoms with van der Waals surface area (Å²) in [6.45, 7) is 6.10. The highest BCUT2D eigenvalue weighted by atomic mass is 19.5. The van der Waals surface area contributed by atoms with Crippen molar-refractivity contribution in [2.45, 2.75) is 26.9 Å². The van der Waals surface area contributed by atoms with Crippen molar-refractivity contribution in [2.24, 2.45) is 0 Å². The zero-order chi connectivity index (χ0) is 25.5. The van der Waals surface area contributed by atoms with Crippen LogP contribution in [0.25, 0.3) is 33.5 Å². The molecule has 0 aliphatic heterocycles. The minimum atomic E-state index is -6.00. The first-order valence-electron chi connectivity index (χ1n) is 10.1. The molecular formula is C20H20B2F8N4. The van der Waals surface area contributed by atoms with Gasteiger partial charge in [0.1, 0.15) is 24.1 Å². The van der Waals surface area contributed by atoms with Crippen LogP contribution < -0.4 is 9.13 Å². The molecule has 182 valence electrons. The van der Waals surface area contributed by atoms with Crippen molar-refractivity contribution in [3.63, 3.8) is 0 Å². The molecule has 0 bridgehead atoms. The summed E-state index contributed by atoms with van der Waals surface area (Å²) in [6.07, 6.45) is 4.19. The van der Waals surface area contributed by atoms with E-state index in [1.807, 2.05) is 12.1 Å². The summed E-state index contributed by atoms with van der Waals surface area (Å²) >= 11 is 0. The van der Waals surface area contributed by atoms with Crippen LogP contribution in [0.15, 0.2) is 60.9 Å². The van der Waals surface area contributed by atoms with Crippen molar-refractivity contribution in [1.29, 1.82) is 0 Å². The van der Waals surface area contributed by atoms with E-state index in [0.717, 1.165) is 46.5 Å². The Hall–Kier alpha value is -3.31. The Kier molecular flexibility index (Phi) is 8.88. The fourth-order valence-corrected chi connectivity index (χ4v) is 3.12. The van der Waals surface area contributed by atoms with Crippen LogP contribution >= 0.6 is 0 Å². The number of hydrogen-bond donors (Lipinski definition) is 0. The maximum absolute atomic E-state index is 9.75. The summed E-state index contributed by atoms with van der Waals surface area (Å²) in [4.78, 5) is 9.68. The summed E-state index contributed by atoms with van der Waals surface area (Å²) in [5, 5.41) is 0. The number of rotatable bonds is 3. The molecule has 0 aliphatic rings. The van der Waals surface area contributed by atoms with Gasteiger partial charge in [0, 0.05) is 12.1 Å². The Morgan fingerprint density at radius 2 is 0.882 bits per heavy atom. The molecule has 0 atom stereocenters. The number of halogens is 8. The molecule has 0 N–H and O–H groups in total. The number of benzene rings is 2. The fourth-order valence-electron chi connectivity index (χ4n) is 3.12. The second-order valence-electron chi connectivity index (χ2n) is 6.79. The van der Waals surface area contributed by atoms with E-state index in [-0.39, 0.29) is 0 Å². The molecule has 14 heteroatoms. The fraction of sp³-hybridized carbons (Fsp3) is 0.200. The predicted octanol–water partition coefficient (Wildman–Crippen LogP) is 5.66. The second kappa shape index (κ2) is 11.2. The molecule has 0 fully saturated rings. The molecule has 2 aromatic heterocycles. The zero-order valence-corrected chi connectivity index (χ0v) is 18.2. The standard InChI is InChI=1S/C20H20N4.2BF4/c1-3-23-13-17(21-15-9-5-7-11-19(15)23)18-14-24(4-2)20-12-8-6-10-16(20)22-18;2*2-1(3,4)5/h5-14H,3-4H2,1-2H3;;/q+2;2*-1. The second-order valence-corrected chi connectivity index (χ2v) is 6.79. The first-order chi connectivity index (χ1) is 15.8. The van der Waals surface area contributed by atoms with Gasteiger partial charge in [-0.15, -0.1) is 0 Å². The van der Waals surface area contributed by atoms with Gasteiger partial charge in [0.2, 0.25) is 11.0 Å². The first kappa shape index (κ1) is 26.9. The quantitative estimate of drug-likeness (QED) is 0.211. The van der Waals surface area contributed by atoms with Crippen molar-refractivity contribution in [3.05, 3.63) is 60.9 Å². The van der Waals surface area contributed by atoms with Gasteiger partial charge in [-0.1, -0.05) is 24.3 Å². The Labute approximate surface area is 190 Å². The van der Waals surface area contributed by atoms with Crippen molar-refractivity contribution >= 4 is 36.6 Å². The average Bonchev–Trinajstić information content (AvgIpc) is 2.75. The summed E-state index contributed by atoms with van der Waals surface area (Å²) < 4.78 is 82.5. The molecule has 2 heterocycles. The molecule has 0 unspecified atom stereocenters. The van der Waals surface area contributed by atoms with Crippen LogP contribution in [0.3, 0.4) is 0 Å². The van der Waals surface area contributed by atoms with Crippen molar-refractivity contribution in [3.8, 4) is 11.4 Å². The number of hydrogen-bond acceptors (Lipinski definition) is 2. The highest BCUT2D eigenvalue weighted by molar-refractivity contribution is 6.50. The summed E-state index contributed by atoms with van der Waals surface area (Å²) in [6, 6.07) is 16.5. The highest BCUT2D eigenvalue weighted by Crippen LogP contribution is 2.18. The van der Waals surface area contributed by atoms with Gasteiger partial charge in [-0.2, -0.15) is 9.13 Å². The van der Waals surface area contributed by atoms with E-state index < -0.39 is 14.5 Å². The van der Waals surface area contributed by atoms with Gasteiger partial charge >= 0.3 is 14.5 Å². The smallest absolute Gasteiger partial charge is 0.418 e. The lowest BCUT2D eigenvalue weighted by molar-refractivity contribution is -0.669. The third kappa shape index (κ3) is 8.56. The maximum atomic E-state index is 9.75. The molecule has 34 heavy (non-hydrogen) atoms. The third-order valence-corrected chi connectivity index (χ3v) is 4.36. The van der Waals surface area contributed by atoms with E-state index in [9.17, 15) is 34.5 Å². The summed E-state index contributed by atoms with van der Waals surface area (Å²) in [7, 11) is -12.0. The molecule has 0 radical (unpaired) electrons. The molecule has 4 rings (SSSR count). The molecule has 0 aliphatic carbocycles. The predicted molar refractivity (Wildman–Crippen MR) is 115 cm³/mol. The average molecular weight is 490 g/mol. The van der Waals surface area contributed by atoms with Gasteiger partial charge in [0.25, 0.3) is 0 Å². The lowest BCUT2D eigenvalue weighted by Crippen LogP contribution is -2.35. The topological polar surface area (TPSA) is 33.5 Å². The van der Waals surface area contributed by atoms with E-state index in [1.165, 1.54) is 0 Å². The van der Waals surface area contributed by atoms with Gasteiger partial charge < -0.3 is 34.5 Å². The molecular weight excluding hydrogens is 470 g/mol. The normalized spacial score (nSPS) is 11.5. The minimum Gasteiger partial charge on any atom is -0.418 e. The SMILES string of the molecule is CC[n+]1cc(-c2c[n+](CC)c3ccccc3n2)nc2ccccc21.F[B-](F)(F)F.F[B-](F)(F)F. The lowest BCUT2D eigenvalue weighted by atomic mass is 10.2. The van der Waals surface area contributed by atoms with Crippen LogP contribution in [-0.4, -0.2) is 24.5 Å². The van der Waals surface area contributed by atoms with E-state index in [4.69, 9.17) is 9.97 Å². The monoisotopic (exact) mass is 490 g/mol. The van der Waals surface area contributed by atoms with Gasteiger partial charge in [0.15, 0.2) is 23.8 Å². The van der Waals surface area contributed by atoms with E-state index in [0.29, 0.717) is 0 Å². The van der Waals surface area contributed by atoms with E-state index in [1.54, 1.807) is 0 Å². The Balaban J connectivity index is 0.000000347. The molecule has 0 saturated heterocycles. The number of para-hydroxylation sites is 4. The molecule has 0 spiro atoms. The van der Waals surface area contributed by atoms with E-state index in [2.05, 4.69) is 71.8 Å². The first-order valence-corrected chi connectivity index (χ1v) is 10.1. The van der Waals surface area contributed by atoms with Crippen LogP contribution in [0.5, 0.6) is 0 Å². The number of fused-ring (bicyclic) bond motifs is 2. The zero-order valence-electron chi connectivity index (χ0n) is 18.2. The number of aromatic nitrogens is 4. The Morgan fingerprint density at radius 3 is 1.18 bits per heavy atom. The number of aryl methyl sites for hydroxylation is 2. The summed E-state index contributed by atoms with van der Waals surface area (Å²) in [5.41, 5.74) is 6.09. The maximum Gasteiger partial charge on any atom is 0.673 e. The van der Waals surface area contributed by atoms with Crippen molar-refractivity contribution in [1.82, 2.24) is 9.97 Å². The molecule has 4 nitrogen and oxygen atoms in total. The molecule has 4 aromatic rings. The molecule has 0 saturated carbocycles. The van der Waals surface area contributed by atoms with Crippen LogP contribution in [0.2, 0.25) is 0 Å². The molecule has 0 amide bonds. The largest absolute Gasteiger partial charge is 0.673 e. The van der Waals surface area contributed by atoms with Gasteiger partial charge in [0.05, 0.1) is 0 Å². The van der Waals surface area contributed by atoms with Crippen LogP contribution in [-0.2, 0) is 13.1 Å². The molecule has 2 aromatic carbocycles. The van der Waals surface area contributed by atoms with Crippen LogP contribution in [0, 0.1) is 0 Å². The Bertz CT molecular complexity index is 1140. The van der Waals surface area contributed by atoms with Gasteiger partial charge in [-0.25, -0.2) is 9.97 Å². The van der Waals surface area contributed by atoms with Gasteiger partial charge in [-0.05, 0) is 26.0 Å². The Morgan fingerprint density at radius 1 is 0.588 bits per heavy atom. The van der Waals surface area contributed by atoms with Crippen molar-refractivity contribution in [2.75, 3.05) is 0 Å². The van der Waals surface area contributed by atoms with Crippen LogP contribution in [0.1, 0.15) is 13.8 Å². The third-order valence-electron chi connectivity index (χ3n) is 4.36. The van der Waals surface area contributed by atoms with Crippen molar-refractivity contribution < 1.29 is 43.7 Å².